The normalized spacial score (nSPS) is 12.1. The monoisotopic (exact) mass is 320 g/mol. The van der Waals surface area contributed by atoms with Crippen LogP contribution in [-0.4, -0.2) is 16.3 Å². The molecule has 1 N–H and O–H groups in total. The van der Waals surface area contributed by atoms with Crippen molar-refractivity contribution in [2.45, 2.75) is 19.9 Å². The predicted octanol–water partition coefficient (Wildman–Crippen LogP) is 3.55. The molecule has 0 saturated carbocycles. The van der Waals surface area contributed by atoms with Crippen molar-refractivity contribution in [3.8, 4) is 0 Å². The van der Waals surface area contributed by atoms with Gasteiger partial charge in [0, 0.05) is 23.6 Å². The molecule has 4 nitrogen and oxygen atoms in total. The number of nitrogens with zero attached hydrogens (tertiary/aromatic N) is 1. The average molecular weight is 320 g/mol. The number of amides is 1. The van der Waals surface area contributed by atoms with Crippen LogP contribution in [0.15, 0.2) is 54.6 Å². The maximum Gasteiger partial charge on any atom is 0.292 e. The second kappa shape index (κ2) is 6.32. The lowest BCUT2D eigenvalue weighted by molar-refractivity contribution is -0.117. The van der Waals surface area contributed by atoms with E-state index in [0.29, 0.717) is 5.56 Å². The number of aromatic nitrogens is 1. The second-order valence-electron chi connectivity index (χ2n) is 5.97. The van der Waals surface area contributed by atoms with E-state index in [4.69, 9.17) is 0 Å². The first-order valence-corrected chi connectivity index (χ1v) is 7.95. The van der Waals surface area contributed by atoms with Crippen LogP contribution in [0.3, 0.4) is 0 Å². The van der Waals surface area contributed by atoms with Gasteiger partial charge in [-0.2, -0.15) is 0 Å². The lowest BCUT2D eigenvalue weighted by Crippen LogP contribution is -2.33. The SMILES string of the molecule is Cc1c(C(=O)C(=O)NC(C)c2ccccc2)c2ccccc2n1C. The van der Waals surface area contributed by atoms with Crippen LogP contribution >= 0.6 is 0 Å². The first-order valence-electron chi connectivity index (χ1n) is 7.95. The summed E-state index contributed by atoms with van der Waals surface area (Å²) < 4.78 is 1.94. The Morgan fingerprint density at radius 1 is 1.00 bits per heavy atom. The third-order valence-electron chi connectivity index (χ3n) is 4.48. The predicted molar refractivity (Wildman–Crippen MR) is 95.0 cm³/mol. The number of aryl methyl sites for hydroxylation is 1. The molecular weight excluding hydrogens is 300 g/mol. The zero-order chi connectivity index (χ0) is 17.3. The summed E-state index contributed by atoms with van der Waals surface area (Å²) in [6.07, 6.45) is 0. The van der Waals surface area contributed by atoms with Crippen LogP contribution in [0.4, 0.5) is 0 Å². The van der Waals surface area contributed by atoms with Gasteiger partial charge in [-0.1, -0.05) is 48.5 Å². The van der Waals surface area contributed by atoms with Gasteiger partial charge in [-0.25, -0.2) is 0 Å². The lowest BCUT2D eigenvalue weighted by atomic mass is 10.0. The number of rotatable bonds is 4. The molecule has 0 fully saturated rings. The highest BCUT2D eigenvalue weighted by atomic mass is 16.2. The van der Waals surface area contributed by atoms with Crippen molar-refractivity contribution >= 4 is 22.6 Å². The fourth-order valence-corrected chi connectivity index (χ4v) is 3.01. The molecule has 122 valence electrons. The van der Waals surface area contributed by atoms with Gasteiger partial charge >= 0.3 is 0 Å². The van der Waals surface area contributed by atoms with Crippen molar-refractivity contribution in [2.24, 2.45) is 7.05 Å². The van der Waals surface area contributed by atoms with Crippen molar-refractivity contribution in [3.63, 3.8) is 0 Å². The van der Waals surface area contributed by atoms with E-state index >= 15 is 0 Å². The molecule has 1 atom stereocenters. The molecule has 0 spiro atoms. The van der Waals surface area contributed by atoms with E-state index in [1.807, 2.05) is 80.1 Å². The zero-order valence-electron chi connectivity index (χ0n) is 14.0. The van der Waals surface area contributed by atoms with E-state index in [-0.39, 0.29) is 6.04 Å². The summed E-state index contributed by atoms with van der Waals surface area (Å²) in [5, 5.41) is 3.61. The highest BCUT2D eigenvalue weighted by Gasteiger charge is 2.25. The number of para-hydroxylation sites is 1. The summed E-state index contributed by atoms with van der Waals surface area (Å²) in [6, 6.07) is 17.0. The second-order valence-corrected chi connectivity index (χ2v) is 5.97. The van der Waals surface area contributed by atoms with Gasteiger partial charge in [-0.15, -0.1) is 0 Å². The maximum absolute atomic E-state index is 12.7. The molecule has 3 aromatic rings. The van der Waals surface area contributed by atoms with E-state index < -0.39 is 11.7 Å². The Labute approximate surface area is 141 Å². The van der Waals surface area contributed by atoms with E-state index in [9.17, 15) is 9.59 Å². The zero-order valence-corrected chi connectivity index (χ0v) is 14.0. The number of carbonyl (C=O) groups is 2. The number of hydrogen-bond donors (Lipinski definition) is 1. The fraction of sp³-hybridized carbons (Fsp3) is 0.200. The Bertz CT molecular complexity index is 910. The quantitative estimate of drug-likeness (QED) is 0.590. The number of nitrogens with one attached hydrogen (secondary N) is 1. The van der Waals surface area contributed by atoms with Crippen LogP contribution in [0.2, 0.25) is 0 Å². The van der Waals surface area contributed by atoms with Crippen LogP contribution in [0.5, 0.6) is 0 Å². The topological polar surface area (TPSA) is 51.1 Å². The highest BCUT2D eigenvalue weighted by Crippen LogP contribution is 2.25. The Balaban J connectivity index is 1.90. The number of fused-ring (bicyclic) bond motifs is 1. The number of ketones is 1. The van der Waals surface area contributed by atoms with E-state index in [1.165, 1.54) is 0 Å². The molecule has 1 heterocycles. The first kappa shape index (κ1) is 16.0. The van der Waals surface area contributed by atoms with E-state index in [0.717, 1.165) is 22.2 Å². The number of carbonyl (C=O) groups excluding carboxylic acids is 2. The van der Waals surface area contributed by atoms with Crippen LogP contribution in [0.25, 0.3) is 10.9 Å². The maximum atomic E-state index is 12.7. The molecule has 0 saturated heterocycles. The molecule has 1 aromatic heterocycles. The standard InChI is InChI=1S/C20H20N2O2/c1-13(15-9-5-4-6-10-15)21-20(24)19(23)18-14(2)22(3)17-12-8-7-11-16(17)18/h4-13H,1-3H3,(H,21,24). The molecular formula is C20H20N2O2. The first-order chi connectivity index (χ1) is 11.5. The molecule has 1 amide bonds. The molecule has 2 aromatic carbocycles. The van der Waals surface area contributed by atoms with Crippen molar-refractivity contribution < 1.29 is 9.59 Å². The van der Waals surface area contributed by atoms with Gasteiger partial charge in [0.1, 0.15) is 0 Å². The lowest BCUT2D eigenvalue weighted by Gasteiger charge is -2.13. The van der Waals surface area contributed by atoms with Gasteiger partial charge in [0.25, 0.3) is 11.7 Å². The Morgan fingerprint density at radius 3 is 2.33 bits per heavy atom. The Morgan fingerprint density at radius 2 is 1.62 bits per heavy atom. The Kier molecular flexibility index (Phi) is 4.21. The van der Waals surface area contributed by atoms with Crippen molar-refractivity contribution in [3.05, 3.63) is 71.4 Å². The molecule has 0 radical (unpaired) electrons. The van der Waals surface area contributed by atoms with Crippen molar-refractivity contribution in [1.82, 2.24) is 9.88 Å². The highest BCUT2D eigenvalue weighted by molar-refractivity contribution is 6.45. The summed E-state index contributed by atoms with van der Waals surface area (Å²) in [5.74, 6) is -1.07. The summed E-state index contributed by atoms with van der Waals surface area (Å²) in [4.78, 5) is 25.2. The number of hydrogen-bond acceptors (Lipinski definition) is 2. The van der Waals surface area contributed by atoms with Crippen LogP contribution in [-0.2, 0) is 11.8 Å². The third-order valence-corrected chi connectivity index (χ3v) is 4.48. The molecule has 24 heavy (non-hydrogen) atoms. The minimum absolute atomic E-state index is 0.224. The van der Waals surface area contributed by atoms with Crippen molar-refractivity contribution in [2.75, 3.05) is 0 Å². The minimum Gasteiger partial charge on any atom is -0.347 e. The molecule has 0 aliphatic heterocycles. The van der Waals surface area contributed by atoms with Crippen molar-refractivity contribution in [1.29, 1.82) is 0 Å². The summed E-state index contributed by atoms with van der Waals surface area (Å²) in [5.41, 5.74) is 3.19. The minimum atomic E-state index is -0.578. The van der Waals surface area contributed by atoms with E-state index in [1.54, 1.807) is 0 Å². The van der Waals surface area contributed by atoms with Gasteiger partial charge < -0.3 is 9.88 Å². The number of Topliss-reactive ketones (excluding diaryl/α,β-unsaturated/α-hetero) is 1. The Hall–Kier alpha value is -2.88. The molecule has 3 rings (SSSR count). The van der Waals surface area contributed by atoms with Crippen LogP contribution in [0.1, 0.15) is 34.6 Å². The van der Waals surface area contributed by atoms with Gasteiger partial charge in [0.2, 0.25) is 0 Å². The number of benzene rings is 2. The summed E-state index contributed by atoms with van der Waals surface area (Å²) in [7, 11) is 1.90. The largest absolute Gasteiger partial charge is 0.347 e. The molecule has 0 aliphatic rings. The molecule has 0 aliphatic carbocycles. The summed E-state index contributed by atoms with van der Waals surface area (Å²) >= 11 is 0. The van der Waals surface area contributed by atoms with Gasteiger partial charge in [-0.3, -0.25) is 9.59 Å². The molecule has 4 heteroatoms. The van der Waals surface area contributed by atoms with Gasteiger partial charge in [0.05, 0.1) is 11.6 Å². The molecule has 1 unspecified atom stereocenters. The van der Waals surface area contributed by atoms with Crippen LogP contribution < -0.4 is 5.32 Å². The average Bonchev–Trinajstić information content (AvgIpc) is 2.86. The molecule has 0 bridgehead atoms. The fourth-order valence-electron chi connectivity index (χ4n) is 3.01. The van der Waals surface area contributed by atoms with Gasteiger partial charge in [-0.05, 0) is 25.5 Å². The van der Waals surface area contributed by atoms with E-state index in [2.05, 4.69) is 5.32 Å². The third kappa shape index (κ3) is 2.71. The smallest absolute Gasteiger partial charge is 0.292 e. The van der Waals surface area contributed by atoms with Gasteiger partial charge in [0.15, 0.2) is 0 Å². The van der Waals surface area contributed by atoms with Crippen LogP contribution in [0, 0.1) is 6.92 Å². The summed E-state index contributed by atoms with van der Waals surface area (Å²) in [6.45, 7) is 3.73.